The monoisotopic (exact) mass is 165 g/mol. The van der Waals surface area contributed by atoms with Gasteiger partial charge in [0.15, 0.2) is 0 Å². The second kappa shape index (κ2) is 4.04. The number of dihydropyridines is 1. The molecule has 0 bridgehead atoms. The molecule has 0 amide bonds. The number of hydrogen-bond donors (Lipinski definition) is 1. The van der Waals surface area contributed by atoms with E-state index in [0.29, 0.717) is 5.84 Å². The van der Waals surface area contributed by atoms with Gasteiger partial charge in [0, 0.05) is 13.0 Å². The van der Waals surface area contributed by atoms with Crippen LogP contribution in [0.5, 0.6) is 0 Å². The maximum Gasteiger partial charge on any atom is 0.149 e. The Kier molecular flexibility index (Phi) is 3.02. The van der Waals surface area contributed by atoms with Gasteiger partial charge in [-0.25, -0.2) is 4.99 Å². The fraction of sp³-hybridized carbons (Fsp3) is 0.556. The van der Waals surface area contributed by atoms with Crippen molar-refractivity contribution >= 4 is 11.7 Å². The number of nitrogens with zero attached hydrogens (tertiary/aromatic N) is 2. The predicted octanol–water partition coefficient (Wildman–Crippen LogP) is 1.50. The van der Waals surface area contributed by atoms with Crippen molar-refractivity contribution in [3.63, 3.8) is 0 Å². The number of hydrogen-bond acceptors (Lipinski definition) is 2. The lowest BCUT2D eigenvalue weighted by Crippen LogP contribution is -2.17. The normalized spacial score (nSPS) is 20.7. The Bertz CT molecular complexity index is 228. The molecule has 2 N–H and O–H groups in total. The zero-order chi connectivity index (χ0) is 8.97. The smallest absolute Gasteiger partial charge is 0.149 e. The topological polar surface area (TPSA) is 50.7 Å². The van der Waals surface area contributed by atoms with Crippen LogP contribution in [0.1, 0.15) is 26.7 Å². The summed E-state index contributed by atoms with van der Waals surface area (Å²) in [6, 6.07) is 0. The molecule has 0 unspecified atom stereocenters. The van der Waals surface area contributed by atoms with Crippen LogP contribution in [-0.4, -0.2) is 18.2 Å². The first-order valence-corrected chi connectivity index (χ1v) is 4.27. The fourth-order valence-electron chi connectivity index (χ4n) is 1.08. The van der Waals surface area contributed by atoms with Crippen LogP contribution in [0.2, 0.25) is 0 Å². The second-order valence-corrected chi connectivity index (χ2v) is 3.01. The van der Waals surface area contributed by atoms with E-state index in [-0.39, 0.29) is 0 Å². The molecule has 0 aromatic heterocycles. The Balaban J connectivity index is 2.70. The zero-order valence-corrected chi connectivity index (χ0v) is 7.67. The fourth-order valence-corrected chi connectivity index (χ4v) is 1.08. The average molecular weight is 165 g/mol. The van der Waals surface area contributed by atoms with Crippen LogP contribution >= 0.6 is 0 Å². The number of aliphatic imine (C=N–C) groups is 2. The first-order chi connectivity index (χ1) is 5.72. The third-order valence-electron chi connectivity index (χ3n) is 1.59. The predicted molar refractivity (Wildman–Crippen MR) is 52.6 cm³/mol. The third kappa shape index (κ3) is 2.49. The molecule has 1 rings (SSSR count). The summed E-state index contributed by atoms with van der Waals surface area (Å²) >= 11 is 0. The summed E-state index contributed by atoms with van der Waals surface area (Å²) in [6.45, 7) is 4.97. The summed E-state index contributed by atoms with van der Waals surface area (Å²) in [5.74, 6) is 1.45. The molecule has 66 valence electrons. The van der Waals surface area contributed by atoms with Gasteiger partial charge in [-0.3, -0.25) is 4.99 Å². The van der Waals surface area contributed by atoms with Crippen LogP contribution < -0.4 is 5.73 Å². The van der Waals surface area contributed by atoms with E-state index in [2.05, 4.69) is 16.9 Å². The number of amidine groups is 2. The molecule has 0 atom stereocenters. The van der Waals surface area contributed by atoms with Gasteiger partial charge >= 0.3 is 0 Å². The second-order valence-electron chi connectivity index (χ2n) is 3.01. The van der Waals surface area contributed by atoms with Crippen molar-refractivity contribution in [3.05, 3.63) is 11.6 Å². The molecule has 0 spiro atoms. The van der Waals surface area contributed by atoms with Gasteiger partial charge < -0.3 is 5.73 Å². The van der Waals surface area contributed by atoms with Crippen molar-refractivity contribution in [1.82, 2.24) is 0 Å². The van der Waals surface area contributed by atoms with E-state index in [0.717, 1.165) is 25.2 Å². The van der Waals surface area contributed by atoms with Crippen molar-refractivity contribution in [2.45, 2.75) is 26.7 Å². The number of nitrogens with two attached hydrogens (primary N) is 1. The van der Waals surface area contributed by atoms with Crippen molar-refractivity contribution in [1.29, 1.82) is 0 Å². The standard InChI is InChI=1S/C9H15N3/c1-3-4-11-9-6-7(2)5-8(10)12-9/h6H,3-5H2,1-2H3,(H2,10,11,12). The summed E-state index contributed by atoms with van der Waals surface area (Å²) < 4.78 is 0. The number of rotatable bonds is 2. The van der Waals surface area contributed by atoms with Crippen molar-refractivity contribution in [3.8, 4) is 0 Å². The van der Waals surface area contributed by atoms with Crippen LogP contribution in [0.3, 0.4) is 0 Å². The largest absolute Gasteiger partial charge is 0.387 e. The van der Waals surface area contributed by atoms with E-state index in [4.69, 9.17) is 5.73 Å². The summed E-state index contributed by atoms with van der Waals surface area (Å²) in [7, 11) is 0. The minimum atomic E-state index is 0.671. The van der Waals surface area contributed by atoms with Crippen LogP contribution in [0.15, 0.2) is 21.6 Å². The highest BCUT2D eigenvalue weighted by molar-refractivity contribution is 6.06. The van der Waals surface area contributed by atoms with Crippen molar-refractivity contribution < 1.29 is 0 Å². The van der Waals surface area contributed by atoms with Gasteiger partial charge in [-0.2, -0.15) is 0 Å². The van der Waals surface area contributed by atoms with E-state index in [1.807, 2.05) is 13.0 Å². The van der Waals surface area contributed by atoms with Crippen LogP contribution in [-0.2, 0) is 0 Å². The summed E-state index contributed by atoms with van der Waals surface area (Å²) in [6.07, 6.45) is 3.82. The highest BCUT2D eigenvalue weighted by Crippen LogP contribution is 2.07. The lowest BCUT2D eigenvalue weighted by molar-refractivity contribution is 0.930. The SMILES string of the molecule is CCCN=C1C=C(C)CC(N)=N1. The van der Waals surface area contributed by atoms with Gasteiger partial charge in [0.2, 0.25) is 0 Å². The summed E-state index contributed by atoms with van der Waals surface area (Å²) in [5, 5.41) is 0. The minimum Gasteiger partial charge on any atom is -0.387 e. The van der Waals surface area contributed by atoms with Crippen LogP contribution in [0, 0.1) is 0 Å². The Morgan fingerprint density at radius 1 is 1.67 bits per heavy atom. The molecule has 0 aliphatic carbocycles. The Morgan fingerprint density at radius 3 is 3.00 bits per heavy atom. The van der Waals surface area contributed by atoms with E-state index in [9.17, 15) is 0 Å². The van der Waals surface area contributed by atoms with E-state index >= 15 is 0 Å². The molecule has 0 aromatic carbocycles. The first-order valence-electron chi connectivity index (χ1n) is 4.27. The minimum absolute atomic E-state index is 0.671. The Hall–Kier alpha value is -1.12. The molecule has 3 nitrogen and oxygen atoms in total. The maximum atomic E-state index is 5.62. The molecule has 3 heteroatoms. The average Bonchev–Trinajstić information content (AvgIpc) is 1.99. The molecule has 0 saturated heterocycles. The van der Waals surface area contributed by atoms with Gasteiger partial charge in [-0.15, -0.1) is 0 Å². The highest BCUT2D eigenvalue weighted by Gasteiger charge is 2.04. The molecule has 12 heavy (non-hydrogen) atoms. The van der Waals surface area contributed by atoms with Crippen molar-refractivity contribution in [2.24, 2.45) is 15.7 Å². The quantitative estimate of drug-likeness (QED) is 0.662. The molecule has 0 radical (unpaired) electrons. The van der Waals surface area contributed by atoms with Crippen LogP contribution in [0.4, 0.5) is 0 Å². The van der Waals surface area contributed by atoms with Gasteiger partial charge in [-0.05, 0) is 19.4 Å². The summed E-state index contributed by atoms with van der Waals surface area (Å²) in [4.78, 5) is 8.41. The first kappa shape index (κ1) is 8.97. The maximum absolute atomic E-state index is 5.62. The Morgan fingerprint density at radius 2 is 2.42 bits per heavy atom. The lowest BCUT2D eigenvalue weighted by Gasteiger charge is -2.07. The third-order valence-corrected chi connectivity index (χ3v) is 1.59. The zero-order valence-electron chi connectivity index (χ0n) is 7.67. The van der Waals surface area contributed by atoms with Crippen molar-refractivity contribution in [2.75, 3.05) is 6.54 Å². The summed E-state index contributed by atoms with van der Waals surface area (Å²) in [5.41, 5.74) is 6.85. The highest BCUT2D eigenvalue weighted by atomic mass is 15.0. The van der Waals surface area contributed by atoms with E-state index in [1.54, 1.807) is 0 Å². The van der Waals surface area contributed by atoms with Crippen LogP contribution in [0.25, 0.3) is 0 Å². The van der Waals surface area contributed by atoms with Gasteiger partial charge in [-0.1, -0.05) is 12.5 Å². The Labute approximate surface area is 73.1 Å². The van der Waals surface area contributed by atoms with E-state index < -0.39 is 0 Å². The molecule has 1 heterocycles. The molecule has 0 saturated carbocycles. The van der Waals surface area contributed by atoms with Gasteiger partial charge in [0.05, 0.1) is 0 Å². The molecule has 0 fully saturated rings. The van der Waals surface area contributed by atoms with Gasteiger partial charge in [0.25, 0.3) is 0 Å². The molecular formula is C9H15N3. The van der Waals surface area contributed by atoms with E-state index in [1.165, 1.54) is 5.57 Å². The molecule has 0 aromatic rings. The van der Waals surface area contributed by atoms with Gasteiger partial charge in [0.1, 0.15) is 11.7 Å². The molecule has 1 aliphatic heterocycles. The molecular weight excluding hydrogens is 150 g/mol. The lowest BCUT2D eigenvalue weighted by atomic mass is 10.1. The molecule has 1 aliphatic rings.